The quantitative estimate of drug-likeness (QED) is 0.572. The first-order valence-corrected chi connectivity index (χ1v) is 9.51. The number of nitrogens with zero attached hydrogens (tertiary/aromatic N) is 1. The Hall–Kier alpha value is -2.04. The maximum atomic E-state index is 12.9. The summed E-state index contributed by atoms with van der Waals surface area (Å²) in [7, 11) is 1.15. The van der Waals surface area contributed by atoms with Crippen LogP contribution in [0.2, 0.25) is 0 Å². The number of methoxy groups -OCH3 is 1. The number of hydrogen-bond acceptors (Lipinski definition) is 5. The van der Waals surface area contributed by atoms with Gasteiger partial charge in [-0.2, -0.15) is 13.2 Å². The number of hydrogen-bond donors (Lipinski definition) is 3. The predicted molar refractivity (Wildman–Crippen MR) is 97.7 cm³/mol. The highest BCUT2D eigenvalue weighted by Gasteiger charge is 2.46. The molecule has 1 fully saturated rings. The lowest BCUT2D eigenvalue weighted by Gasteiger charge is -2.33. The Kier molecular flexibility index (Phi) is 8.73. The number of aliphatic hydroxyl groups excluding tert-OH is 1. The van der Waals surface area contributed by atoms with Gasteiger partial charge in [0, 0.05) is 6.54 Å². The molecule has 4 atom stereocenters. The third kappa shape index (κ3) is 6.48. The standard InChI is InChI=1S/C18H30F3N3O5/c1-9(2)12(14(25)18(19,20)21)22-15(26)11-7-6-8-24(11)16(27)13(10(3)4)23-17(28)29-5/h9-14,25H,6-8H2,1-5H3,(H,22,26)(H,23,28)/t11?,12?,13-,14-/m0/s1. The molecular weight excluding hydrogens is 395 g/mol. The van der Waals surface area contributed by atoms with Gasteiger partial charge in [-0.15, -0.1) is 0 Å². The SMILES string of the molecule is COC(=O)N[C@H](C(=O)N1CCCC1C(=O)NC(C(C)C)[C@H](O)C(F)(F)F)C(C)C. The van der Waals surface area contributed by atoms with Gasteiger partial charge in [-0.05, 0) is 24.7 Å². The molecule has 0 aromatic carbocycles. The molecule has 2 unspecified atom stereocenters. The highest BCUT2D eigenvalue weighted by atomic mass is 19.4. The first-order chi connectivity index (χ1) is 13.3. The molecule has 1 aliphatic rings. The van der Waals surface area contributed by atoms with Crippen molar-refractivity contribution in [2.24, 2.45) is 11.8 Å². The van der Waals surface area contributed by atoms with E-state index in [2.05, 4.69) is 15.4 Å². The number of aliphatic hydroxyl groups is 1. The maximum Gasteiger partial charge on any atom is 0.416 e. The van der Waals surface area contributed by atoms with Gasteiger partial charge in [-0.1, -0.05) is 27.7 Å². The Labute approximate surface area is 168 Å². The van der Waals surface area contributed by atoms with Gasteiger partial charge < -0.3 is 25.4 Å². The average Bonchev–Trinajstić information content (AvgIpc) is 3.11. The van der Waals surface area contributed by atoms with Crippen LogP contribution in [0.5, 0.6) is 0 Å². The second-order valence-corrected chi connectivity index (χ2v) is 7.81. The number of nitrogens with one attached hydrogen (secondary N) is 2. The summed E-state index contributed by atoms with van der Waals surface area (Å²) in [5.41, 5.74) is 0. The van der Waals surface area contributed by atoms with Crippen molar-refractivity contribution in [2.45, 2.75) is 70.9 Å². The average molecular weight is 425 g/mol. The minimum Gasteiger partial charge on any atom is -0.453 e. The number of ether oxygens (including phenoxy) is 1. The molecule has 0 bridgehead atoms. The molecule has 8 nitrogen and oxygen atoms in total. The van der Waals surface area contributed by atoms with Crippen molar-refractivity contribution in [3.8, 4) is 0 Å². The van der Waals surface area contributed by atoms with Crippen LogP contribution in [0, 0.1) is 11.8 Å². The summed E-state index contributed by atoms with van der Waals surface area (Å²) in [6.45, 7) is 6.55. The highest BCUT2D eigenvalue weighted by Crippen LogP contribution is 2.26. The van der Waals surface area contributed by atoms with Gasteiger partial charge in [0.2, 0.25) is 11.8 Å². The molecule has 11 heteroatoms. The molecule has 0 spiro atoms. The number of alkyl carbamates (subject to hydrolysis) is 1. The summed E-state index contributed by atoms with van der Waals surface area (Å²) in [6, 6.07) is -3.48. The molecule has 3 amide bonds. The highest BCUT2D eigenvalue weighted by molar-refractivity contribution is 5.92. The summed E-state index contributed by atoms with van der Waals surface area (Å²) >= 11 is 0. The third-order valence-electron chi connectivity index (χ3n) is 4.93. The Morgan fingerprint density at radius 2 is 1.69 bits per heavy atom. The number of amides is 3. The van der Waals surface area contributed by atoms with Crippen LogP contribution < -0.4 is 10.6 Å². The molecule has 1 rings (SSSR count). The maximum absolute atomic E-state index is 12.9. The Bertz CT molecular complexity index is 598. The smallest absolute Gasteiger partial charge is 0.416 e. The fraction of sp³-hybridized carbons (Fsp3) is 0.833. The van der Waals surface area contributed by atoms with Crippen LogP contribution in [-0.2, 0) is 14.3 Å². The van der Waals surface area contributed by atoms with Gasteiger partial charge in [-0.25, -0.2) is 4.79 Å². The van der Waals surface area contributed by atoms with Gasteiger partial charge in [0.15, 0.2) is 6.10 Å². The molecule has 1 aliphatic heterocycles. The Morgan fingerprint density at radius 3 is 2.14 bits per heavy atom. The van der Waals surface area contributed by atoms with Gasteiger partial charge in [0.05, 0.1) is 13.2 Å². The molecule has 168 valence electrons. The lowest BCUT2D eigenvalue weighted by molar-refractivity contribution is -0.215. The van der Waals surface area contributed by atoms with Crippen LogP contribution >= 0.6 is 0 Å². The number of likely N-dealkylation sites (tertiary alicyclic amines) is 1. The number of carbonyl (C=O) groups excluding carboxylic acids is 3. The lowest BCUT2D eigenvalue weighted by atomic mass is 9.97. The first-order valence-electron chi connectivity index (χ1n) is 9.51. The molecule has 29 heavy (non-hydrogen) atoms. The zero-order valence-electron chi connectivity index (χ0n) is 17.2. The van der Waals surface area contributed by atoms with E-state index in [4.69, 9.17) is 0 Å². The van der Waals surface area contributed by atoms with E-state index in [0.717, 1.165) is 7.11 Å². The third-order valence-corrected chi connectivity index (χ3v) is 4.93. The summed E-state index contributed by atoms with van der Waals surface area (Å²) in [5, 5.41) is 14.3. The van der Waals surface area contributed by atoms with E-state index in [-0.39, 0.29) is 18.9 Å². The second kappa shape index (κ2) is 10.1. The zero-order valence-corrected chi connectivity index (χ0v) is 17.2. The topological polar surface area (TPSA) is 108 Å². The van der Waals surface area contributed by atoms with Crippen molar-refractivity contribution in [1.82, 2.24) is 15.5 Å². The molecule has 0 radical (unpaired) electrons. The molecule has 0 aliphatic carbocycles. The molecule has 0 aromatic rings. The normalized spacial score (nSPS) is 20.4. The minimum atomic E-state index is -4.89. The molecule has 1 saturated heterocycles. The van der Waals surface area contributed by atoms with E-state index in [0.29, 0.717) is 6.42 Å². The molecule has 0 saturated carbocycles. The van der Waals surface area contributed by atoms with Crippen LogP contribution in [0.25, 0.3) is 0 Å². The van der Waals surface area contributed by atoms with E-state index in [1.165, 1.54) is 18.7 Å². The summed E-state index contributed by atoms with van der Waals surface area (Å²) in [4.78, 5) is 38.4. The molecule has 3 N–H and O–H groups in total. The van der Waals surface area contributed by atoms with Crippen LogP contribution in [0.15, 0.2) is 0 Å². The van der Waals surface area contributed by atoms with E-state index in [9.17, 15) is 32.7 Å². The van der Waals surface area contributed by atoms with Crippen molar-refractivity contribution < 1.29 is 37.4 Å². The monoisotopic (exact) mass is 425 g/mol. The van der Waals surface area contributed by atoms with Gasteiger partial charge >= 0.3 is 12.3 Å². The number of halogens is 3. The predicted octanol–water partition coefficient (Wildman–Crippen LogP) is 1.42. The fourth-order valence-corrected chi connectivity index (χ4v) is 3.26. The summed E-state index contributed by atoms with van der Waals surface area (Å²) in [5.74, 6) is -2.27. The lowest BCUT2D eigenvalue weighted by Crippen LogP contribution is -2.59. The Balaban J connectivity index is 2.97. The summed E-state index contributed by atoms with van der Waals surface area (Å²) in [6.07, 6.45) is -7.65. The number of alkyl halides is 3. The van der Waals surface area contributed by atoms with Crippen molar-refractivity contribution in [1.29, 1.82) is 0 Å². The van der Waals surface area contributed by atoms with E-state index in [1.807, 2.05) is 0 Å². The van der Waals surface area contributed by atoms with Gasteiger partial charge in [0.1, 0.15) is 12.1 Å². The fourth-order valence-electron chi connectivity index (χ4n) is 3.26. The van der Waals surface area contributed by atoms with Crippen LogP contribution in [0.4, 0.5) is 18.0 Å². The van der Waals surface area contributed by atoms with Crippen molar-refractivity contribution in [3.63, 3.8) is 0 Å². The van der Waals surface area contributed by atoms with Crippen LogP contribution in [-0.4, -0.2) is 72.0 Å². The Morgan fingerprint density at radius 1 is 1.10 bits per heavy atom. The van der Waals surface area contributed by atoms with Crippen molar-refractivity contribution >= 4 is 17.9 Å². The summed E-state index contributed by atoms with van der Waals surface area (Å²) < 4.78 is 43.3. The second-order valence-electron chi connectivity index (χ2n) is 7.81. The number of carbonyl (C=O) groups is 3. The largest absolute Gasteiger partial charge is 0.453 e. The molecular formula is C18H30F3N3O5. The van der Waals surface area contributed by atoms with E-state index >= 15 is 0 Å². The van der Waals surface area contributed by atoms with Crippen molar-refractivity contribution in [2.75, 3.05) is 13.7 Å². The van der Waals surface area contributed by atoms with Crippen LogP contribution in [0.3, 0.4) is 0 Å². The van der Waals surface area contributed by atoms with Crippen LogP contribution in [0.1, 0.15) is 40.5 Å². The number of rotatable bonds is 7. The molecule has 0 aromatic heterocycles. The zero-order chi connectivity index (χ0) is 22.5. The van der Waals surface area contributed by atoms with E-state index < -0.39 is 54.2 Å². The first kappa shape index (κ1) is 25.0. The van der Waals surface area contributed by atoms with Gasteiger partial charge in [0.25, 0.3) is 0 Å². The van der Waals surface area contributed by atoms with E-state index in [1.54, 1.807) is 13.8 Å². The minimum absolute atomic E-state index is 0.233. The molecule has 1 heterocycles. The van der Waals surface area contributed by atoms with Gasteiger partial charge in [-0.3, -0.25) is 9.59 Å². The van der Waals surface area contributed by atoms with Crippen molar-refractivity contribution in [3.05, 3.63) is 0 Å².